The van der Waals surface area contributed by atoms with Gasteiger partial charge in [0.05, 0.1) is 6.04 Å². The molecule has 116 valence electrons. The van der Waals surface area contributed by atoms with E-state index in [4.69, 9.17) is 4.52 Å². The molecule has 3 rings (SSSR count). The summed E-state index contributed by atoms with van der Waals surface area (Å²) in [6.45, 7) is 3.15. The first-order valence-electron chi connectivity index (χ1n) is 8.15. The predicted molar refractivity (Wildman–Crippen MR) is 77.8 cm³/mol. The highest BCUT2D eigenvalue weighted by atomic mass is 16.5. The summed E-state index contributed by atoms with van der Waals surface area (Å²) in [5.74, 6) is 1.08. The lowest BCUT2D eigenvalue weighted by molar-refractivity contribution is 0.0891. The Kier molecular flexibility index (Phi) is 4.53. The van der Waals surface area contributed by atoms with E-state index < -0.39 is 0 Å². The van der Waals surface area contributed by atoms with Crippen molar-refractivity contribution in [2.45, 2.75) is 64.0 Å². The maximum Gasteiger partial charge on any atom is 0.292 e. The van der Waals surface area contributed by atoms with E-state index in [0.717, 1.165) is 32.2 Å². The highest BCUT2D eigenvalue weighted by molar-refractivity contribution is 5.90. The van der Waals surface area contributed by atoms with Crippen molar-refractivity contribution in [3.63, 3.8) is 0 Å². The average Bonchev–Trinajstić information content (AvgIpc) is 3.18. The number of carbonyl (C=O) groups excluding carboxylic acids is 1. The minimum atomic E-state index is -0.201. The molecule has 0 bridgehead atoms. The minimum absolute atomic E-state index is 0.108. The average molecular weight is 292 g/mol. The van der Waals surface area contributed by atoms with E-state index in [-0.39, 0.29) is 23.8 Å². The van der Waals surface area contributed by atoms with Crippen LogP contribution in [0.2, 0.25) is 0 Å². The number of carbonyl (C=O) groups is 1. The van der Waals surface area contributed by atoms with Gasteiger partial charge in [0.2, 0.25) is 5.89 Å². The Labute approximate surface area is 125 Å². The Balaban J connectivity index is 1.62. The zero-order valence-corrected chi connectivity index (χ0v) is 12.6. The number of rotatable bonds is 4. The predicted octanol–water partition coefficient (Wildman–Crippen LogP) is 2.19. The Morgan fingerprint density at radius 1 is 1.33 bits per heavy atom. The topological polar surface area (TPSA) is 80.0 Å². The fraction of sp³-hybridized carbons (Fsp3) is 0.800. The molecule has 2 heterocycles. The lowest BCUT2D eigenvalue weighted by Gasteiger charge is -2.31. The van der Waals surface area contributed by atoms with Gasteiger partial charge in [-0.1, -0.05) is 31.3 Å². The van der Waals surface area contributed by atoms with Crippen LogP contribution >= 0.6 is 0 Å². The molecule has 2 fully saturated rings. The Hall–Kier alpha value is -1.43. The van der Waals surface area contributed by atoms with Crippen LogP contribution in [-0.4, -0.2) is 28.6 Å². The van der Waals surface area contributed by atoms with Crippen molar-refractivity contribution in [2.75, 3.05) is 6.54 Å². The third-order valence-electron chi connectivity index (χ3n) is 4.75. The zero-order valence-electron chi connectivity index (χ0n) is 12.6. The fourth-order valence-corrected chi connectivity index (χ4v) is 3.48. The zero-order chi connectivity index (χ0) is 14.7. The standard InChI is InChI=1S/C15H24N4O2/c1-2-10-6-3-4-7-11(10)17-14(20)13-18-15(21-19-13)12-8-5-9-16-12/h10-12,16H,2-9H2,1H3,(H,17,20). The van der Waals surface area contributed by atoms with Gasteiger partial charge in [-0.05, 0) is 38.1 Å². The van der Waals surface area contributed by atoms with Crippen LogP contribution in [0.15, 0.2) is 4.52 Å². The molecule has 6 heteroatoms. The summed E-state index contributed by atoms with van der Waals surface area (Å²) >= 11 is 0. The molecule has 1 aromatic rings. The second-order valence-electron chi connectivity index (χ2n) is 6.14. The molecule has 1 aliphatic carbocycles. The van der Waals surface area contributed by atoms with E-state index >= 15 is 0 Å². The van der Waals surface area contributed by atoms with Crippen molar-refractivity contribution in [3.05, 3.63) is 11.7 Å². The van der Waals surface area contributed by atoms with Gasteiger partial charge < -0.3 is 15.2 Å². The van der Waals surface area contributed by atoms with E-state index in [2.05, 4.69) is 27.7 Å². The molecule has 0 aromatic carbocycles. The van der Waals surface area contributed by atoms with Crippen molar-refractivity contribution < 1.29 is 9.32 Å². The van der Waals surface area contributed by atoms with Crippen LogP contribution in [0.5, 0.6) is 0 Å². The molecule has 1 aromatic heterocycles. The van der Waals surface area contributed by atoms with Gasteiger partial charge in [-0.25, -0.2) is 0 Å². The van der Waals surface area contributed by atoms with Gasteiger partial charge in [-0.2, -0.15) is 4.98 Å². The lowest BCUT2D eigenvalue weighted by Crippen LogP contribution is -2.42. The largest absolute Gasteiger partial charge is 0.346 e. The van der Waals surface area contributed by atoms with Crippen LogP contribution in [0.25, 0.3) is 0 Å². The molecule has 2 aliphatic rings. The quantitative estimate of drug-likeness (QED) is 0.889. The molecule has 0 radical (unpaired) electrons. The number of nitrogens with zero attached hydrogens (tertiary/aromatic N) is 2. The van der Waals surface area contributed by atoms with Gasteiger partial charge in [0, 0.05) is 6.04 Å². The summed E-state index contributed by atoms with van der Waals surface area (Å²) in [5.41, 5.74) is 0. The highest BCUT2D eigenvalue weighted by Crippen LogP contribution is 2.27. The van der Waals surface area contributed by atoms with Crippen LogP contribution < -0.4 is 10.6 Å². The summed E-state index contributed by atoms with van der Waals surface area (Å²) in [5, 5.41) is 10.2. The number of aromatic nitrogens is 2. The fourth-order valence-electron chi connectivity index (χ4n) is 3.48. The molecule has 1 aliphatic heterocycles. The first-order valence-corrected chi connectivity index (χ1v) is 8.15. The van der Waals surface area contributed by atoms with Crippen molar-refractivity contribution >= 4 is 5.91 Å². The summed E-state index contributed by atoms with van der Waals surface area (Å²) in [6.07, 6.45) is 7.91. The van der Waals surface area contributed by atoms with Crippen LogP contribution in [-0.2, 0) is 0 Å². The van der Waals surface area contributed by atoms with Crippen molar-refractivity contribution in [2.24, 2.45) is 5.92 Å². The SMILES string of the molecule is CCC1CCCCC1NC(=O)c1noc(C2CCCN2)n1. The minimum Gasteiger partial charge on any atom is -0.346 e. The molecule has 1 saturated heterocycles. The molecule has 3 unspecified atom stereocenters. The molecule has 2 N–H and O–H groups in total. The normalized spacial score (nSPS) is 29.5. The van der Waals surface area contributed by atoms with Crippen LogP contribution in [0.1, 0.15) is 74.4 Å². The number of amides is 1. The van der Waals surface area contributed by atoms with Gasteiger partial charge in [-0.15, -0.1) is 0 Å². The molecule has 0 spiro atoms. The summed E-state index contributed by atoms with van der Waals surface area (Å²) in [6, 6.07) is 0.361. The van der Waals surface area contributed by atoms with Crippen LogP contribution in [0.4, 0.5) is 0 Å². The number of hydrogen-bond acceptors (Lipinski definition) is 5. The smallest absolute Gasteiger partial charge is 0.292 e. The van der Waals surface area contributed by atoms with E-state index in [9.17, 15) is 4.79 Å². The van der Waals surface area contributed by atoms with E-state index in [1.807, 2.05) is 0 Å². The first kappa shape index (κ1) is 14.5. The lowest BCUT2D eigenvalue weighted by atomic mass is 9.83. The molecule has 6 nitrogen and oxygen atoms in total. The molecule has 21 heavy (non-hydrogen) atoms. The maximum absolute atomic E-state index is 12.3. The summed E-state index contributed by atoms with van der Waals surface area (Å²) < 4.78 is 5.23. The molecule has 1 amide bonds. The van der Waals surface area contributed by atoms with Gasteiger partial charge in [0.25, 0.3) is 11.7 Å². The Bertz CT molecular complexity index is 482. The summed E-state index contributed by atoms with van der Waals surface area (Å²) in [4.78, 5) is 16.5. The monoisotopic (exact) mass is 292 g/mol. The van der Waals surface area contributed by atoms with E-state index in [1.54, 1.807) is 0 Å². The second kappa shape index (κ2) is 6.56. The van der Waals surface area contributed by atoms with Crippen molar-refractivity contribution in [1.82, 2.24) is 20.8 Å². The van der Waals surface area contributed by atoms with Gasteiger partial charge >= 0.3 is 0 Å². The van der Waals surface area contributed by atoms with Gasteiger partial charge in [0.1, 0.15) is 0 Å². The third-order valence-corrected chi connectivity index (χ3v) is 4.75. The van der Waals surface area contributed by atoms with Gasteiger partial charge in [0.15, 0.2) is 0 Å². The molecule has 1 saturated carbocycles. The number of nitrogens with one attached hydrogen (secondary N) is 2. The highest BCUT2D eigenvalue weighted by Gasteiger charge is 2.28. The second-order valence-corrected chi connectivity index (χ2v) is 6.14. The van der Waals surface area contributed by atoms with Crippen LogP contribution in [0, 0.1) is 5.92 Å². The van der Waals surface area contributed by atoms with Crippen molar-refractivity contribution in [1.29, 1.82) is 0 Å². The maximum atomic E-state index is 12.3. The molecular weight excluding hydrogens is 268 g/mol. The van der Waals surface area contributed by atoms with Crippen LogP contribution in [0.3, 0.4) is 0 Å². The van der Waals surface area contributed by atoms with E-state index in [1.165, 1.54) is 19.3 Å². The molecular formula is C15H24N4O2. The van der Waals surface area contributed by atoms with E-state index in [0.29, 0.717) is 11.8 Å². The Morgan fingerprint density at radius 3 is 2.95 bits per heavy atom. The number of hydrogen-bond donors (Lipinski definition) is 2. The first-order chi connectivity index (χ1) is 10.3. The van der Waals surface area contributed by atoms with Crippen molar-refractivity contribution in [3.8, 4) is 0 Å². The summed E-state index contributed by atoms with van der Waals surface area (Å²) in [7, 11) is 0. The molecule has 3 atom stereocenters. The third kappa shape index (κ3) is 3.26. The Morgan fingerprint density at radius 2 is 2.19 bits per heavy atom. The van der Waals surface area contributed by atoms with Gasteiger partial charge in [-0.3, -0.25) is 4.79 Å².